The van der Waals surface area contributed by atoms with E-state index in [9.17, 15) is 19.5 Å². The van der Waals surface area contributed by atoms with Crippen molar-refractivity contribution in [3.63, 3.8) is 0 Å². The Bertz CT molecular complexity index is 1320. The quantitative estimate of drug-likeness (QED) is 0.482. The van der Waals surface area contributed by atoms with Crippen molar-refractivity contribution in [2.24, 2.45) is 7.05 Å². The van der Waals surface area contributed by atoms with Crippen LogP contribution in [-0.4, -0.2) is 59.1 Å². The van der Waals surface area contributed by atoms with Crippen LogP contribution in [0.4, 0.5) is 5.69 Å². The molecule has 11 heteroatoms. The van der Waals surface area contributed by atoms with Crippen LogP contribution >= 0.6 is 23.2 Å². The largest absolute Gasteiger partial charge is 0.480 e. The number of rotatable bonds is 7. The molecule has 0 bridgehead atoms. The number of amides is 1. The highest BCUT2D eigenvalue weighted by Crippen LogP contribution is 2.28. The molecule has 1 fully saturated rings. The maximum absolute atomic E-state index is 13.0. The summed E-state index contributed by atoms with van der Waals surface area (Å²) in [7, 11) is 1.59. The number of anilines is 1. The Morgan fingerprint density at radius 1 is 1.11 bits per heavy atom. The van der Waals surface area contributed by atoms with E-state index in [0.717, 1.165) is 5.69 Å². The van der Waals surface area contributed by atoms with Crippen molar-refractivity contribution in [3.05, 3.63) is 80.2 Å². The van der Waals surface area contributed by atoms with Crippen molar-refractivity contribution in [1.29, 1.82) is 0 Å². The number of carbonyl (C=O) groups excluding carboxylic acids is 1. The van der Waals surface area contributed by atoms with Gasteiger partial charge in [-0.2, -0.15) is 5.10 Å². The number of nitrogens with one attached hydrogen (secondary N) is 1. The highest BCUT2D eigenvalue weighted by Gasteiger charge is 2.24. The summed E-state index contributed by atoms with van der Waals surface area (Å²) >= 11 is 12.2. The number of nitrogens with zero attached hydrogens (tertiary/aromatic N) is 3. The summed E-state index contributed by atoms with van der Waals surface area (Å²) in [6, 6.07) is 10.4. The number of aliphatic carboxylic acids is 1. The average molecular weight is 531 g/mol. The summed E-state index contributed by atoms with van der Waals surface area (Å²) in [6.07, 6.45) is 1.69. The van der Waals surface area contributed by atoms with Crippen LogP contribution in [0.3, 0.4) is 0 Å². The molecule has 9 nitrogen and oxygen atoms in total. The predicted octanol–water partition coefficient (Wildman–Crippen LogP) is 3.02. The SMILES string of the molecule is Cn1ncc(N2CCOCC2)c(-c2ccc(C[C@H](NC(=O)c3c(Cl)cccc3Cl)C(=O)O)cc2)c1=O. The van der Waals surface area contributed by atoms with Gasteiger partial charge in [0.25, 0.3) is 11.5 Å². The maximum Gasteiger partial charge on any atom is 0.326 e. The Kier molecular flexibility index (Phi) is 7.93. The van der Waals surface area contributed by atoms with Gasteiger partial charge in [-0.1, -0.05) is 53.5 Å². The van der Waals surface area contributed by atoms with E-state index in [4.69, 9.17) is 27.9 Å². The highest BCUT2D eigenvalue weighted by atomic mass is 35.5. The number of carboxylic acid groups (broad SMARTS) is 1. The first kappa shape index (κ1) is 25.7. The topological polar surface area (TPSA) is 114 Å². The summed E-state index contributed by atoms with van der Waals surface area (Å²) in [5.74, 6) is -1.88. The second-order valence-corrected chi connectivity index (χ2v) is 9.11. The number of benzene rings is 2. The zero-order valence-electron chi connectivity index (χ0n) is 19.4. The zero-order valence-corrected chi connectivity index (χ0v) is 20.9. The zero-order chi connectivity index (χ0) is 25.8. The lowest BCUT2D eigenvalue weighted by Gasteiger charge is -2.30. The van der Waals surface area contributed by atoms with Crippen LogP contribution in [0.2, 0.25) is 10.0 Å². The minimum Gasteiger partial charge on any atom is -0.480 e. The third-order valence-electron chi connectivity index (χ3n) is 5.94. The van der Waals surface area contributed by atoms with E-state index in [1.54, 1.807) is 43.6 Å². The van der Waals surface area contributed by atoms with E-state index < -0.39 is 17.9 Å². The van der Waals surface area contributed by atoms with Crippen molar-refractivity contribution >= 4 is 40.8 Å². The van der Waals surface area contributed by atoms with E-state index in [2.05, 4.69) is 15.3 Å². The summed E-state index contributed by atoms with van der Waals surface area (Å²) in [6.45, 7) is 2.43. The second kappa shape index (κ2) is 11.1. The van der Waals surface area contributed by atoms with Gasteiger partial charge in [-0.3, -0.25) is 9.59 Å². The van der Waals surface area contributed by atoms with Gasteiger partial charge in [0.15, 0.2) is 0 Å². The summed E-state index contributed by atoms with van der Waals surface area (Å²) in [4.78, 5) is 39.6. The molecule has 1 aliphatic heterocycles. The molecule has 0 unspecified atom stereocenters. The van der Waals surface area contributed by atoms with E-state index in [0.29, 0.717) is 43.0 Å². The fourth-order valence-electron chi connectivity index (χ4n) is 4.03. The molecule has 1 amide bonds. The van der Waals surface area contributed by atoms with Crippen LogP contribution in [0.5, 0.6) is 0 Å². The van der Waals surface area contributed by atoms with Crippen LogP contribution in [0.25, 0.3) is 11.1 Å². The Morgan fingerprint density at radius 3 is 2.36 bits per heavy atom. The lowest BCUT2D eigenvalue weighted by Crippen LogP contribution is -2.42. The number of carboxylic acids is 1. The molecule has 3 aromatic rings. The summed E-state index contributed by atoms with van der Waals surface area (Å²) in [5, 5.41) is 16.6. The average Bonchev–Trinajstić information content (AvgIpc) is 2.86. The smallest absolute Gasteiger partial charge is 0.326 e. The summed E-state index contributed by atoms with van der Waals surface area (Å²) < 4.78 is 6.70. The van der Waals surface area contributed by atoms with Gasteiger partial charge in [-0.05, 0) is 23.3 Å². The molecule has 188 valence electrons. The van der Waals surface area contributed by atoms with E-state index in [1.165, 1.54) is 16.8 Å². The Balaban J connectivity index is 1.57. The number of halogens is 2. The lowest BCUT2D eigenvalue weighted by atomic mass is 10.00. The number of carbonyl (C=O) groups is 2. The van der Waals surface area contributed by atoms with Crippen molar-refractivity contribution in [1.82, 2.24) is 15.1 Å². The van der Waals surface area contributed by atoms with Gasteiger partial charge in [0.2, 0.25) is 0 Å². The molecule has 1 aliphatic rings. The van der Waals surface area contributed by atoms with Gasteiger partial charge >= 0.3 is 5.97 Å². The molecule has 0 radical (unpaired) electrons. The fourth-order valence-corrected chi connectivity index (χ4v) is 4.60. The van der Waals surface area contributed by atoms with Crippen molar-refractivity contribution in [3.8, 4) is 11.1 Å². The standard InChI is InChI=1S/C25H24Cl2N4O5/c1-30-24(33)21(20(14-28-30)31-9-11-36-12-10-31)16-7-5-15(6-8-16)13-19(25(34)35)29-23(32)22-17(26)3-2-4-18(22)27/h2-8,14,19H,9-13H2,1H3,(H,29,32)(H,34,35)/t19-/m0/s1. The van der Waals surface area contributed by atoms with Crippen LogP contribution in [0.15, 0.2) is 53.5 Å². The van der Waals surface area contributed by atoms with Crippen molar-refractivity contribution in [2.45, 2.75) is 12.5 Å². The van der Waals surface area contributed by atoms with Crippen molar-refractivity contribution in [2.75, 3.05) is 31.2 Å². The van der Waals surface area contributed by atoms with Crippen LogP contribution in [0, 0.1) is 0 Å². The molecule has 0 spiro atoms. The minimum absolute atomic E-state index is 0.0200. The molecule has 1 atom stereocenters. The predicted molar refractivity (Wildman–Crippen MR) is 137 cm³/mol. The number of hydrogen-bond acceptors (Lipinski definition) is 6. The van der Waals surface area contributed by atoms with E-state index >= 15 is 0 Å². The molecule has 1 saturated heterocycles. The number of hydrogen-bond donors (Lipinski definition) is 2. The highest BCUT2D eigenvalue weighted by molar-refractivity contribution is 6.39. The van der Waals surface area contributed by atoms with Gasteiger partial charge in [0.05, 0.1) is 46.3 Å². The Morgan fingerprint density at radius 2 is 1.75 bits per heavy atom. The number of morpholine rings is 1. The molecule has 36 heavy (non-hydrogen) atoms. The van der Waals surface area contributed by atoms with Crippen molar-refractivity contribution < 1.29 is 19.4 Å². The first-order chi connectivity index (χ1) is 17.3. The molecule has 2 N–H and O–H groups in total. The molecule has 2 aromatic carbocycles. The Hall–Kier alpha value is -3.40. The van der Waals surface area contributed by atoms with Gasteiger partial charge in [0.1, 0.15) is 6.04 Å². The number of aryl methyl sites for hydroxylation is 1. The molecular formula is C25H24Cl2N4O5. The van der Waals surface area contributed by atoms with Gasteiger partial charge in [-0.15, -0.1) is 0 Å². The number of ether oxygens (including phenoxy) is 1. The molecule has 1 aromatic heterocycles. The maximum atomic E-state index is 13.0. The lowest BCUT2D eigenvalue weighted by molar-refractivity contribution is -0.139. The molecule has 4 rings (SSSR count). The molecule has 0 saturated carbocycles. The molecule has 0 aliphatic carbocycles. The normalized spacial score (nSPS) is 14.4. The minimum atomic E-state index is -1.21. The number of aromatic nitrogens is 2. The summed E-state index contributed by atoms with van der Waals surface area (Å²) in [5.41, 5.74) is 2.36. The molecule has 2 heterocycles. The van der Waals surface area contributed by atoms with Gasteiger partial charge in [0, 0.05) is 26.6 Å². The third kappa shape index (κ3) is 5.53. The van der Waals surface area contributed by atoms with Crippen LogP contribution < -0.4 is 15.8 Å². The Labute approximate surface area is 217 Å². The van der Waals surface area contributed by atoms with Gasteiger partial charge in [-0.25, -0.2) is 9.48 Å². The third-order valence-corrected chi connectivity index (χ3v) is 6.57. The van der Waals surface area contributed by atoms with Gasteiger partial charge < -0.3 is 20.1 Å². The fraction of sp³-hybridized carbons (Fsp3) is 0.280. The van der Waals surface area contributed by atoms with Crippen LogP contribution in [-0.2, 0) is 23.0 Å². The first-order valence-electron chi connectivity index (χ1n) is 11.2. The monoisotopic (exact) mass is 530 g/mol. The van der Waals surface area contributed by atoms with E-state index in [1.807, 2.05) is 0 Å². The first-order valence-corrected chi connectivity index (χ1v) is 12.0. The molecular weight excluding hydrogens is 507 g/mol. The second-order valence-electron chi connectivity index (χ2n) is 8.29. The van der Waals surface area contributed by atoms with E-state index in [-0.39, 0.29) is 27.6 Å². The van der Waals surface area contributed by atoms with Crippen LogP contribution in [0.1, 0.15) is 15.9 Å².